The number of rotatable bonds is 6. The van der Waals surface area contributed by atoms with Gasteiger partial charge in [-0.1, -0.05) is 6.07 Å². The van der Waals surface area contributed by atoms with Crippen molar-refractivity contribution in [3.8, 4) is 5.75 Å². The van der Waals surface area contributed by atoms with Crippen LogP contribution in [0.5, 0.6) is 5.75 Å². The van der Waals surface area contributed by atoms with Gasteiger partial charge < -0.3 is 20.7 Å². The number of para-hydroxylation sites is 1. The van der Waals surface area contributed by atoms with Crippen molar-refractivity contribution >= 4 is 11.6 Å². The Hall–Kier alpha value is -1.75. The van der Waals surface area contributed by atoms with Gasteiger partial charge >= 0.3 is 0 Å². The molecule has 5 heteroatoms. The first-order chi connectivity index (χ1) is 9.72. The van der Waals surface area contributed by atoms with Crippen LogP contribution in [0, 0.1) is 0 Å². The molecule has 0 aliphatic carbocycles. The maximum absolute atomic E-state index is 12.2. The summed E-state index contributed by atoms with van der Waals surface area (Å²) in [6.07, 6.45) is 2.52. The third-order valence-corrected chi connectivity index (χ3v) is 3.49. The van der Waals surface area contributed by atoms with E-state index in [0.29, 0.717) is 30.2 Å². The fraction of sp³-hybridized carbons (Fsp3) is 0.533. The van der Waals surface area contributed by atoms with Crippen molar-refractivity contribution in [2.75, 3.05) is 38.5 Å². The first-order valence-corrected chi connectivity index (χ1v) is 7.24. The number of hydrogen-bond donors (Lipinski definition) is 2. The molecule has 110 valence electrons. The van der Waals surface area contributed by atoms with Crippen molar-refractivity contribution in [3.05, 3.63) is 23.8 Å². The Morgan fingerprint density at radius 1 is 1.40 bits per heavy atom. The summed E-state index contributed by atoms with van der Waals surface area (Å²) in [4.78, 5) is 14.6. The average Bonchev–Trinajstić information content (AvgIpc) is 2.94. The number of ether oxygens (including phenoxy) is 1. The molecule has 0 bridgehead atoms. The van der Waals surface area contributed by atoms with Gasteiger partial charge in [-0.25, -0.2) is 0 Å². The van der Waals surface area contributed by atoms with Gasteiger partial charge in [-0.15, -0.1) is 0 Å². The summed E-state index contributed by atoms with van der Waals surface area (Å²) < 4.78 is 5.47. The fourth-order valence-electron chi connectivity index (χ4n) is 2.47. The molecule has 1 aromatic carbocycles. The molecular formula is C15H23N3O2. The number of carbonyl (C=O) groups excluding carboxylic acids is 1. The first-order valence-electron chi connectivity index (χ1n) is 7.24. The molecule has 1 amide bonds. The van der Waals surface area contributed by atoms with E-state index in [1.165, 1.54) is 12.8 Å². The van der Waals surface area contributed by atoms with Crippen molar-refractivity contribution < 1.29 is 9.53 Å². The monoisotopic (exact) mass is 277 g/mol. The predicted octanol–water partition coefficient (Wildman–Crippen LogP) is 1.49. The first kappa shape index (κ1) is 14.7. The molecule has 20 heavy (non-hydrogen) atoms. The Morgan fingerprint density at radius 3 is 2.85 bits per heavy atom. The molecule has 0 saturated carbocycles. The minimum absolute atomic E-state index is 0.125. The number of amides is 1. The van der Waals surface area contributed by atoms with Gasteiger partial charge in [0, 0.05) is 13.1 Å². The zero-order chi connectivity index (χ0) is 14.4. The van der Waals surface area contributed by atoms with Crippen LogP contribution in [-0.2, 0) is 0 Å². The molecule has 0 aromatic heterocycles. The molecule has 1 saturated heterocycles. The summed E-state index contributed by atoms with van der Waals surface area (Å²) in [5, 5.41) is 2.94. The van der Waals surface area contributed by atoms with Crippen LogP contribution < -0.4 is 15.8 Å². The van der Waals surface area contributed by atoms with Crippen LogP contribution in [0.4, 0.5) is 5.69 Å². The highest BCUT2D eigenvalue weighted by Gasteiger charge is 2.15. The van der Waals surface area contributed by atoms with Crippen LogP contribution in [0.1, 0.15) is 30.1 Å². The normalized spacial score (nSPS) is 15.2. The lowest BCUT2D eigenvalue weighted by Crippen LogP contribution is -2.33. The number of benzene rings is 1. The van der Waals surface area contributed by atoms with Gasteiger partial charge in [0.15, 0.2) is 5.75 Å². The van der Waals surface area contributed by atoms with E-state index >= 15 is 0 Å². The van der Waals surface area contributed by atoms with Crippen LogP contribution in [0.25, 0.3) is 0 Å². The quantitative estimate of drug-likeness (QED) is 0.773. The third-order valence-electron chi connectivity index (χ3n) is 3.49. The number of likely N-dealkylation sites (tertiary alicyclic amines) is 1. The zero-order valence-corrected chi connectivity index (χ0v) is 12.0. The number of nitrogens with two attached hydrogens (primary N) is 1. The molecule has 1 aromatic rings. The zero-order valence-electron chi connectivity index (χ0n) is 12.0. The largest absolute Gasteiger partial charge is 0.491 e. The number of nitrogen functional groups attached to an aromatic ring is 1. The molecule has 0 spiro atoms. The second-order valence-corrected chi connectivity index (χ2v) is 4.96. The topological polar surface area (TPSA) is 67.6 Å². The fourth-order valence-corrected chi connectivity index (χ4v) is 2.47. The van der Waals surface area contributed by atoms with Gasteiger partial charge in [0.25, 0.3) is 5.91 Å². The third kappa shape index (κ3) is 3.63. The lowest BCUT2D eigenvalue weighted by molar-refractivity contribution is 0.0946. The van der Waals surface area contributed by atoms with E-state index in [1.54, 1.807) is 18.2 Å². The molecular weight excluding hydrogens is 254 g/mol. The van der Waals surface area contributed by atoms with Crippen LogP contribution in [-0.4, -0.2) is 43.6 Å². The molecule has 1 aliphatic rings. The van der Waals surface area contributed by atoms with Crippen molar-refractivity contribution in [2.24, 2.45) is 0 Å². The Kier molecular flexibility index (Phi) is 5.24. The van der Waals surface area contributed by atoms with Crippen LogP contribution in [0.3, 0.4) is 0 Å². The highest BCUT2D eigenvalue weighted by atomic mass is 16.5. The van der Waals surface area contributed by atoms with Crippen molar-refractivity contribution in [2.45, 2.75) is 19.8 Å². The minimum Gasteiger partial charge on any atom is -0.491 e. The van der Waals surface area contributed by atoms with Gasteiger partial charge in [-0.3, -0.25) is 4.79 Å². The lowest BCUT2D eigenvalue weighted by atomic mass is 10.1. The summed E-state index contributed by atoms with van der Waals surface area (Å²) in [5.41, 5.74) is 6.87. The van der Waals surface area contributed by atoms with Crippen LogP contribution in [0.15, 0.2) is 18.2 Å². The van der Waals surface area contributed by atoms with E-state index < -0.39 is 0 Å². The minimum atomic E-state index is -0.125. The number of carbonyl (C=O) groups is 1. The molecule has 1 heterocycles. The second kappa shape index (κ2) is 7.14. The van der Waals surface area contributed by atoms with Gasteiger partial charge in [0.2, 0.25) is 0 Å². The highest BCUT2D eigenvalue weighted by Crippen LogP contribution is 2.26. The van der Waals surface area contributed by atoms with E-state index in [0.717, 1.165) is 19.6 Å². The van der Waals surface area contributed by atoms with Crippen LogP contribution in [0.2, 0.25) is 0 Å². The van der Waals surface area contributed by atoms with E-state index in [9.17, 15) is 4.79 Å². The number of hydrogen-bond acceptors (Lipinski definition) is 4. The Balaban J connectivity index is 1.92. The summed E-state index contributed by atoms with van der Waals surface area (Å²) in [6.45, 7) is 6.19. The molecule has 3 N–H and O–H groups in total. The molecule has 0 atom stereocenters. The van der Waals surface area contributed by atoms with Crippen LogP contribution >= 0.6 is 0 Å². The van der Waals surface area contributed by atoms with E-state index in [-0.39, 0.29) is 5.91 Å². The summed E-state index contributed by atoms with van der Waals surface area (Å²) in [5.74, 6) is 0.355. The number of nitrogens with zero attached hydrogens (tertiary/aromatic N) is 1. The Morgan fingerprint density at radius 2 is 2.15 bits per heavy atom. The maximum atomic E-state index is 12.2. The van der Waals surface area contributed by atoms with E-state index in [2.05, 4.69) is 10.2 Å². The van der Waals surface area contributed by atoms with Gasteiger partial charge in [0.1, 0.15) is 0 Å². The van der Waals surface area contributed by atoms with E-state index in [1.807, 2.05) is 6.92 Å². The number of anilines is 1. The lowest BCUT2D eigenvalue weighted by Gasteiger charge is -2.16. The summed E-state index contributed by atoms with van der Waals surface area (Å²) in [7, 11) is 0. The number of nitrogens with one attached hydrogen (secondary N) is 1. The van der Waals surface area contributed by atoms with Crippen molar-refractivity contribution in [1.82, 2.24) is 10.2 Å². The molecule has 2 rings (SSSR count). The van der Waals surface area contributed by atoms with Gasteiger partial charge in [-0.05, 0) is 45.0 Å². The Labute approximate surface area is 120 Å². The average molecular weight is 277 g/mol. The standard InChI is InChI=1S/C15H23N3O2/c1-2-20-14-12(6-5-7-13(14)16)15(19)17-8-11-18-9-3-4-10-18/h5-7H,2-4,8-11,16H2,1H3,(H,17,19). The molecule has 1 fully saturated rings. The molecule has 5 nitrogen and oxygen atoms in total. The smallest absolute Gasteiger partial charge is 0.255 e. The SMILES string of the molecule is CCOc1c(N)cccc1C(=O)NCCN1CCCC1. The maximum Gasteiger partial charge on any atom is 0.255 e. The predicted molar refractivity (Wildman–Crippen MR) is 80.0 cm³/mol. The van der Waals surface area contributed by atoms with E-state index in [4.69, 9.17) is 10.5 Å². The van der Waals surface area contributed by atoms with Crippen molar-refractivity contribution in [1.29, 1.82) is 0 Å². The molecule has 0 unspecified atom stereocenters. The van der Waals surface area contributed by atoms with Gasteiger partial charge in [-0.2, -0.15) is 0 Å². The summed E-state index contributed by atoms with van der Waals surface area (Å²) in [6, 6.07) is 5.26. The van der Waals surface area contributed by atoms with Crippen molar-refractivity contribution in [3.63, 3.8) is 0 Å². The second-order valence-electron chi connectivity index (χ2n) is 4.96. The molecule has 0 radical (unpaired) electrons. The Bertz CT molecular complexity index is 456. The summed E-state index contributed by atoms with van der Waals surface area (Å²) >= 11 is 0. The molecule has 1 aliphatic heterocycles. The highest BCUT2D eigenvalue weighted by molar-refractivity contribution is 5.98. The van der Waals surface area contributed by atoms with Gasteiger partial charge in [0.05, 0.1) is 17.9 Å².